The van der Waals surface area contributed by atoms with Crippen LogP contribution < -0.4 is 4.74 Å². The second-order valence-electron chi connectivity index (χ2n) is 6.68. The minimum absolute atomic E-state index is 0.0635. The number of hydrogen-bond donors (Lipinski definition) is 0. The molecule has 1 aliphatic heterocycles. The van der Waals surface area contributed by atoms with Crippen LogP contribution in [0.2, 0.25) is 0 Å². The molecular weight excluding hydrogens is 314 g/mol. The molecule has 2 aromatic rings. The van der Waals surface area contributed by atoms with Crippen LogP contribution >= 0.6 is 0 Å². The highest BCUT2D eigenvalue weighted by Gasteiger charge is 2.19. The zero-order valence-corrected chi connectivity index (χ0v) is 14.9. The highest BCUT2D eigenvalue weighted by molar-refractivity contribution is 5.94. The predicted molar refractivity (Wildman–Crippen MR) is 97.9 cm³/mol. The SMILES string of the molecule is CN(C)Cc1ccccc1Oc1cc(C(=O)N2CCCCC2)ccn1. The van der Waals surface area contributed by atoms with Crippen LogP contribution in [0.3, 0.4) is 0 Å². The maximum atomic E-state index is 12.7. The number of nitrogens with zero attached hydrogens (tertiary/aromatic N) is 3. The summed E-state index contributed by atoms with van der Waals surface area (Å²) in [5, 5.41) is 0. The van der Waals surface area contributed by atoms with Gasteiger partial charge in [0.1, 0.15) is 5.75 Å². The van der Waals surface area contributed by atoms with E-state index in [1.165, 1.54) is 6.42 Å². The first kappa shape index (κ1) is 17.4. The Morgan fingerprint density at radius 3 is 2.68 bits per heavy atom. The van der Waals surface area contributed by atoms with Crippen molar-refractivity contribution in [1.29, 1.82) is 0 Å². The van der Waals surface area contributed by atoms with Gasteiger partial charge in [-0.25, -0.2) is 4.98 Å². The van der Waals surface area contributed by atoms with Crippen molar-refractivity contribution in [3.63, 3.8) is 0 Å². The van der Waals surface area contributed by atoms with Crippen LogP contribution in [0.5, 0.6) is 11.6 Å². The van der Waals surface area contributed by atoms with Crippen molar-refractivity contribution in [2.75, 3.05) is 27.2 Å². The second kappa shape index (κ2) is 8.12. The number of carbonyl (C=O) groups excluding carboxylic acids is 1. The Bertz CT molecular complexity index is 724. The Kier molecular flexibility index (Phi) is 5.66. The molecule has 0 atom stereocenters. The number of aromatic nitrogens is 1. The summed E-state index contributed by atoms with van der Waals surface area (Å²) in [7, 11) is 4.04. The van der Waals surface area contributed by atoms with Crippen molar-refractivity contribution in [3.8, 4) is 11.6 Å². The quantitative estimate of drug-likeness (QED) is 0.835. The fourth-order valence-corrected chi connectivity index (χ4v) is 3.07. The Morgan fingerprint density at radius 1 is 1.16 bits per heavy atom. The number of likely N-dealkylation sites (tertiary alicyclic amines) is 1. The van der Waals surface area contributed by atoms with E-state index in [1.54, 1.807) is 18.3 Å². The lowest BCUT2D eigenvalue weighted by atomic mass is 10.1. The van der Waals surface area contributed by atoms with E-state index < -0.39 is 0 Å². The van der Waals surface area contributed by atoms with Gasteiger partial charge in [-0.15, -0.1) is 0 Å². The molecule has 0 N–H and O–H groups in total. The summed E-state index contributed by atoms with van der Waals surface area (Å²) in [6.45, 7) is 2.45. The molecule has 2 heterocycles. The standard InChI is InChI=1S/C20H25N3O2/c1-22(2)15-17-8-4-5-9-18(17)25-19-14-16(10-11-21-19)20(24)23-12-6-3-7-13-23/h4-5,8-11,14H,3,6-7,12-13,15H2,1-2H3. The average Bonchev–Trinajstić information content (AvgIpc) is 2.63. The summed E-state index contributed by atoms with van der Waals surface area (Å²) in [6.07, 6.45) is 5.01. The number of amides is 1. The molecule has 3 rings (SSSR count). The summed E-state index contributed by atoms with van der Waals surface area (Å²) in [5.74, 6) is 1.29. The number of hydrogen-bond acceptors (Lipinski definition) is 4. The fourth-order valence-electron chi connectivity index (χ4n) is 3.07. The van der Waals surface area contributed by atoms with Gasteiger partial charge in [-0.2, -0.15) is 0 Å². The lowest BCUT2D eigenvalue weighted by Gasteiger charge is -2.26. The van der Waals surface area contributed by atoms with Gasteiger partial charge in [-0.1, -0.05) is 18.2 Å². The average molecular weight is 339 g/mol. The third-order valence-corrected chi connectivity index (χ3v) is 4.30. The van der Waals surface area contributed by atoms with Crippen molar-refractivity contribution >= 4 is 5.91 Å². The number of benzene rings is 1. The van der Waals surface area contributed by atoms with Crippen LogP contribution in [-0.2, 0) is 6.54 Å². The maximum Gasteiger partial charge on any atom is 0.254 e. The number of piperidine rings is 1. The van der Waals surface area contributed by atoms with Gasteiger partial charge in [0.05, 0.1) is 0 Å². The van der Waals surface area contributed by atoms with Gasteiger partial charge in [0.25, 0.3) is 5.91 Å². The minimum Gasteiger partial charge on any atom is -0.439 e. The van der Waals surface area contributed by atoms with Gasteiger partial charge in [0.15, 0.2) is 0 Å². The molecule has 0 saturated carbocycles. The van der Waals surface area contributed by atoms with E-state index in [0.29, 0.717) is 11.4 Å². The topological polar surface area (TPSA) is 45.7 Å². The summed E-state index contributed by atoms with van der Waals surface area (Å²) >= 11 is 0. The normalized spacial score (nSPS) is 14.6. The molecule has 1 aliphatic rings. The molecule has 1 fully saturated rings. The van der Waals surface area contributed by atoms with Crippen molar-refractivity contribution in [2.24, 2.45) is 0 Å². The highest BCUT2D eigenvalue weighted by atomic mass is 16.5. The molecule has 1 aromatic carbocycles. The van der Waals surface area contributed by atoms with Crippen LogP contribution in [0.15, 0.2) is 42.6 Å². The number of carbonyl (C=O) groups is 1. The number of rotatable bonds is 5. The zero-order valence-electron chi connectivity index (χ0n) is 14.9. The Balaban J connectivity index is 1.77. The minimum atomic E-state index is 0.0635. The molecule has 1 amide bonds. The van der Waals surface area contributed by atoms with Crippen molar-refractivity contribution in [2.45, 2.75) is 25.8 Å². The number of ether oxygens (including phenoxy) is 1. The molecule has 25 heavy (non-hydrogen) atoms. The molecule has 0 spiro atoms. The Morgan fingerprint density at radius 2 is 1.92 bits per heavy atom. The van der Waals surface area contributed by atoms with Crippen molar-refractivity contribution < 1.29 is 9.53 Å². The molecule has 5 heteroatoms. The molecular formula is C20H25N3O2. The first-order valence-corrected chi connectivity index (χ1v) is 8.79. The third kappa shape index (κ3) is 4.57. The monoisotopic (exact) mass is 339 g/mol. The zero-order chi connectivity index (χ0) is 17.6. The van der Waals surface area contributed by atoms with Crippen LogP contribution in [0.1, 0.15) is 35.2 Å². The molecule has 0 unspecified atom stereocenters. The van der Waals surface area contributed by atoms with Gasteiger partial charge < -0.3 is 14.5 Å². The molecule has 0 aliphatic carbocycles. The first-order chi connectivity index (χ1) is 12.1. The molecule has 5 nitrogen and oxygen atoms in total. The summed E-state index contributed by atoms with van der Waals surface area (Å²) < 4.78 is 5.98. The highest BCUT2D eigenvalue weighted by Crippen LogP contribution is 2.25. The van der Waals surface area contributed by atoms with Crippen molar-refractivity contribution in [3.05, 3.63) is 53.7 Å². The van der Waals surface area contributed by atoms with Gasteiger partial charge in [0.2, 0.25) is 5.88 Å². The Hall–Kier alpha value is -2.40. The van der Waals surface area contributed by atoms with E-state index in [1.807, 2.05) is 43.3 Å². The summed E-state index contributed by atoms with van der Waals surface area (Å²) in [4.78, 5) is 20.9. The van der Waals surface area contributed by atoms with Crippen molar-refractivity contribution in [1.82, 2.24) is 14.8 Å². The number of pyridine rings is 1. The smallest absolute Gasteiger partial charge is 0.254 e. The number of para-hydroxylation sites is 1. The van der Waals surface area contributed by atoms with E-state index in [-0.39, 0.29) is 5.91 Å². The fraction of sp³-hybridized carbons (Fsp3) is 0.400. The van der Waals surface area contributed by atoms with Gasteiger partial charge >= 0.3 is 0 Å². The summed E-state index contributed by atoms with van der Waals surface area (Å²) in [5.41, 5.74) is 1.72. The third-order valence-electron chi connectivity index (χ3n) is 4.30. The predicted octanol–water partition coefficient (Wildman–Crippen LogP) is 3.56. The van der Waals surface area contributed by atoms with Crippen LogP contribution in [-0.4, -0.2) is 47.9 Å². The van der Waals surface area contributed by atoms with E-state index >= 15 is 0 Å². The molecule has 132 valence electrons. The van der Waals surface area contributed by atoms with E-state index in [2.05, 4.69) is 9.88 Å². The van der Waals surface area contributed by atoms with E-state index in [9.17, 15) is 4.79 Å². The van der Waals surface area contributed by atoms with Crippen LogP contribution in [0, 0.1) is 0 Å². The van der Waals surface area contributed by atoms with Crippen LogP contribution in [0.4, 0.5) is 0 Å². The maximum absolute atomic E-state index is 12.7. The molecule has 0 radical (unpaired) electrons. The van der Waals surface area contributed by atoms with E-state index in [4.69, 9.17) is 4.74 Å². The van der Waals surface area contributed by atoms with E-state index in [0.717, 1.165) is 43.8 Å². The lowest BCUT2D eigenvalue weighted by Crippen LogP contribution is -2.35. The van der Waals surface area contributed by atoms with Gasteiger partial charge in [-0.05, 0) is 45.5 Å². The Labute approximate surface area is 149 Å². The molecule has 1 aromatic heterocycles. The van der Waals surface area contributed by atoms with Crippen LogP contribution in [0.25, 0.3) is 0 Å². The summed E-state index contributed by atoms with van der Waals surface area (Å²) in [6, 6.07) is 11.4. The molecule has 0 bridgehead atoms. The second-order valence-corrected chi connectivity index (χ2v) is 6.68. The van der Waals surface area contributed by atoms with Gasteiger partial charge in [0, 0.05) is 43.0 Å². The lowest BCUT2D eigenvalue weighted by molar-refractivity contribution is 0.0724. The molecule has 1 saturated heterocycles. The largest absolute Gasteiger partial charge is 0.439 e. The first-order valence-electron chi connectivity index (χ1n) is 8.79. The van der Waals surface area contributed by atoms with Gasteiger partial charge in [-0.3, -0.25) is 4.79 Å².